The zero-order valence-corrected chi connectivity index (χ0v) is 78.1. The van der Waals surface area contributed by atoms with E-state index in [4.69, 9.17) is 43.7 Å². The molecule has 0 bridgehead atoms. The third kappa shape index (κ3) is 45.4. The van der Waals surface area contributed by atoms with Crippen LogP contribution in [0.25, 0.3) is 0 Å². The molecule has 0 saturated carbocycles. The molecule has 0 aliphatic rings. The number of hydrogen-bond donors (Lipinski definition) is 3. The molecule has 117 heavy (non-hydrogen) atoms. The van der Waals surface area contributed by atoms with Crippen LogP contribution >= 0.6 is 0 Å². The minimum absolute atomic E-state index is 0.181. The maximum Gasteiger partial charge on any atom is 0.196 e. The van der Waals surface area contributed by atoms with Crippen molar-refractivity contribution >= 4 is 0 Å². The van der Waals surface area contributed by atoms with Gasteiger partial charge in [0.25, 0.3) is 0 Å². The topological polar surface area (TPSA) is 116 Å². The summed E-state index contributed by atoms with van der Waals surface area (Å²) in [4.78, 5) is 0. The number of aryl methyl sites for hydroxylation is 3. The van der Waals surface area contributed by atoms with E-state index in [-0.39, 0.29) is 18.9 Å². The van der Waals surface area contributed by atoms with Crippen LogP contribution in [0.4, 0.5) is 0 Å². The van der Waals surface area contributed by atoms with Gasteiger partial charge in [0, 0.05) is 19.8 Å². The van der Waals surface area contributed by atoms with E-state index in [0.29, 0.717) is 90.3 Å². The summed E-state index contributed by atoms with van der Waals surface area (Å²) in [7, 11) is 0. The first-order valence-electron chi connectivity index (χ1n) is 44.8. The van der Waals surface area contributed by atoms with Crippen molar-refractivity contribution in [1.29, 1.82) is 0 Å². The van der Waals surface area contributed by atoms with Crippen LogP contribution in [0, 0.1) is 0 Å². The molecule has 0 spiro atoms. The summed E-state index contributed by atoms with van der Waals surface area (Å²) in [5, 5.41) is 27.0. The lowest BCUT2D eigenvalue weighted by molar-refractivity contribution is -0.0616. The molecular weight excluding hydrogens is 1440 g/mol. The highest BCUT2D eigenvalue weighted by atomic mass is 16.7. The van der Waals surface area contributed by atoms with Gasteiger partial charge in [-0.2, -0.15) is 0 Å². The second kappa shape index (κ2) is 63.7. The van der Waals surface area contributed by atoms with Gasteiger partial charge in [-0.1, -0.05) is 291 Å². The van der Waals surface area contributed by atoms with Crippen molar-refractivity contribution in [2.24, 2.45) is 0 Å². The zero-order chi connectivity index (χ0) is 87.6. The van der Waals surface area contributed by atoms with E-state index in [1.54, 1.807) is 36.4 Å². The average Bonchev–Trinajstić information content (AvgIpc) is 0.890. The Bertz CT molecular complexity index is 3380. The van der Waals surface area contributed by atoms with Crippen LogP contribution in [0.5, 0.6) is 34.5 Å². The van der Waals surface area contributed by atoms with Crippen molar-refractivity contribution in [3.63, 3.8) is 0 Å². The van der Waals surface area contributed by atoms with Gasteiger partial charge in [-0.05, 0) is 311 Å². The first kappa shape index (κ1) is 107. The molecule has 9 rings (SSSR count). The normalized spacial score (nSPS) is 13.6. The number of phenols is 3. The lowest BCUT2D eigenvalue weighted by Gasteiger charge is -2.15. The summed E-state index contributed by atoms with van der Waals surface area (Å²) in [5.74, 6) is 9.36. The maximum atomic E-state index is 9.01. The highest BCUT2D eigenvalue weighted by molar-refractivity contribution is 5.34. The minimum atomic E-state index is -0.181. The molecule has 0 aliphatic heterocycles. The Morgan fingerprint density at radius 3 is 0.436 bits per heavy atom. The highest BCUT2D eigenvalue weighted by Gasteiger charge is 2.12. The fourth-order valence-corrected chi connectivity index (χ4v) is 11.8. The molecule has 0 aliphatic carbocycles. The van der Waals surface area contributed by atoms with E-state index < -0.39 is 0 Å². The number of hydrogen-bond acceptors (Lipinski definition) is 9. The van der Waals surface area contributed by atoms with E-state index in [9.17, 15) is 0 Å². The predicted octanol–water partition coefficient (Wildman–Crippen LogP) is 31.9. The van der Waals surface area contributed by atoms with Gasteiger partial charge in [-0.15, -0.1) is 0 Å². The Balaban J connectivity index is 0.000000661. The van der Waals surface area contributed by atoms with Gasteiger partial charge in [0.2, 0.25) is 0 Å². The van der Waals surface area contributed by atoms with Gasteiger partial charge < -0.3 is 43.7 Å². The predicted molar refractivity (Wildman–Crippen MR) is 505 cm³/mol. The van der Waals surface area contributed by atoms with Gasteiger partial charge in [-0.3, -0.25) is 0 Å². The van der Waals surface area contributed by atoms with Crippen molar-refractivity contribution in [1.82, 2.24) is 0 Å². The fourth-order valence-electron chi connectivity index (χ4n) is 11.8. The number of rotatable bonds is 33. The zero-order valence-electron chi connectivity index (χ0n) is 78.1. The maximum absolute atomic E-state index is 9.01. The van der Waals surface area contributed by atoms with Gasteiger partial charge >= 0.3 is 0 Å². The monoisotopic (exact) mass is 1600 g/mol. The molecule has 9 aromatic carbocycles. The van der Waals surface area contributed by atoms with Crippen LogP contribution in [0.15, 0.2) is 218 Å². The number of aromatic hydroxyl groups is 3. The van der Waals surface area contributed by atoms with E-state index in [1.165, 1.54) is 86.0 Å². The van der Waals surface area contributed by atoms with Gasteiger partial charge in [0.05, 0.1) is 0 Å². The Morgan fingerprint density at radius 1 is 0.188 bits per heavy atom. The third-order valence-electron chi connectivity index (χ3n) is 22.2. The largest absolute Gasteiger partial charge is 0.508 e. The van der Waals surface area contributed by atoms with Crippen LogP contribution in [-0.2, 0) is 33.5 Å². The number of phenolic OH excluding ortho intramolecular Hbond substituents is 3. The van der Waals surface area contributed by atoms with Crippen molar-refractivity contribution in [2.75, 3.05) is 19.8 Å². The Morgan fingerprint density at radius 2 is 0.316 bits per heavy atom. The quantitative estimate of drug-likeness (QED) is 0.0346. The van der Waals surface area contributed by atoms with Crippen molar-refractivity contribution in [2.45, 2.75) is 336 Å². The Labute approximate surface area is 715 Å². The van der Waals surface area contributed by atoms with Crippen LogP contribution < -0.4 is 14.2 Å². The molecule has 0 heterocycles. The lowest BCUT2D eigenvalue weighted by Crippen LogP contribution is -2.15. The van der Waals surface area contributed by atoms with Gasteiger partial charge in [0.15, 0.2) is 18.9 Å². The molecule has 9 nitrogen and oxygen atoms in total. The standard InChI is InChI=1S/3C14H22O2.3C12H18.3C10H14O/c3*1-5-11(3)13-7-9-14(10-8-13)16-12(4)15-6-2;3*1-4-10(3)12-8-6-11(5-2)7-9-12;3*1-3-8(2)9-4-6-10(11)7-5-9/h3*7-12H,5-6H2,1-4H3;3*6-10H,4-5H2,1-3H3;3*4-8,11H,3H2,1-2H3. The summed E-state index contributed by atoms with van der Waals surface area (Å²) in [6.45, 7) is 60.1. The van der Waals surface area contributed by atoms with Crippen molar-refractivity contribution < 1.29 is 43.7 Å². The first-order valence-corrected chi connectivity index (χ1v) is 44.8. The molecule has 0 amide bonds. The molecular formula is C108H162O9. The molecule has 3 N–H and O–H groups in total. The molecule has 9 heteroatoms. The van der Waals surface area contributed by atoms with Crippen molar-refractivity contribution in [3.8, 4) is 34.5 Å². The second-order valence-electron chi connectivity index (χ2n) is 31.0. The summed E-state index contributed by atoms with van der Waals surface area (Å²) in [6.07, 6.45) is 13.5. The minimum Gasteiger partial charge on any atom is -0.508 e. The van der Waals surface area contributed by atoms with E-state index in [1.807, 2.05) is 114 Å². The molecule has 0 saturated heterocycles. The number of ether oxygens (including phenoxy) is 6. The van der Waals surface area contributed by atoms with Crippen LogP contribution in [0.2, 0.25) is 0 Å². The molecule has 12 atom stereocenters. The molecule has 12 unspecified atom stereocenters. The lowest BCUT2D eigenvalue weighted by atomic mass is 9.97. The summed E-state index contributed by atoms with van der Waals surface area (Å²) < 4.78 is 32.8. The molecule has 648 valence electrons. The van der Waals surface area contributed by atoms with Crippen molar-refractivity contribution in [3.05, 3.63) is 285 Å². The van der Waals surface area contributed by atoms with E-state index in [0.717, 1.165) is 75.0 Å². The van der Waals surface area contributed by atoms with E-state index in [2.05, 4.69) is 255 Å². The third-order valence-corrected chi connectivity index (χ3v) is 22.2. The van der Waals surface area contributed by atoms with E-state index >= 15 is 0 Å². The fraction of sp³-hybridized carbons (Fsp3) is 0.500. The molecule has 0 aromatic heterocycles. The average molecular weight is 1600 g/mol. The highest BCUT2D eigenvalue weighted by Crippen LogP contribution is 2.29. The van der Waals surface area contributed by atoms with Crippen LogP contribution in [0.3, 0.4) is 0 Å². The summed E-state index contributed by atoms with van der Waals surface area (Å²) >= 11 is 0. The first-order chi connectivity index (χ1) is 56.0. The van der Waals surface area contributed by atoms with Crippen LogP contribution in [0.1, 0.15) is 365 Å². The van der Waals surface area contributed by atoms with Gasteiger partial charge in [-0.25, -0.2) is 0 Å². The smallest absolute Gasteiger partial charge is 0.196 e. The van der Waals surface area contributed by atoms with Gasteiger partial charge in [0.1, 0.15) is 34.5 Å². The summed E-state index contributed by atoms with van der Waals surface area (Å²) in [6, 6.07) is 74.1. The second-order valence-corrected chi connectivity index (χ2v) is 31.0. The van der Waals surface area contributed by atoms with Crippen LogP contribution in [-0.4, -0.2) is 54.0 Å². The number of benzene rings is 9. The Kier molecular flexibility index (Phi) is 58.1. The molecule has 9 aromatic rings. The molecule has 0 fully saturated rings. The molecule has 0 radical (unpaired) electrons. The Hall–Kier alpha value is -8.34. The SMILES string of the molecule is CCC(C)c1ccc(O)cc1.CCC(C)c1ccc(O)cc1.CCC(C)c1ccc(O)cc1.CCOC(C)Oc1ccc(C(C)CC)cc1.CCOC(C)Oc1ccc(C(C)CC)cc1.CCOC(C)Oc1ccc(C(C)CC)cc1.CCc1ccc(C(C)CC)cc1.CCc1ccc(C(C)CC)cc1.CCc1ccc(C(C)CC)cc1. The summed E-state index contributed by atoms with van der Waals surface area (Å²) in [5.41, 5.74) is 16.7.